The second kappa shape index (κ2) is 14.3. The van der Waals surface area contributed by atoms with Gasteiger partial charge < -0.3 is 20.3 Å². The molecule has 2 unspecified atom stereocenters. The van der Waals surface area contributed by atoms with Crippen molar-refractivity contribution in [1.29, 1.82) is 0 Å². The van der Waals surface area contributed by atoms with Crippen LogP contribution in [0.15, 0.2) is 0 Å². The van der Waals surface area contributed by atoms with Gasteiger partial charge in [-0.25, -0.2) is 0 Å². The maximum absolute atomic E-state index is 9.64. The van der Waals surface area contributed by atoms with Crippen LogP contribution in [0.4, 0.5) is 0 Å². The van der Waals surface area contributed by atoms with Crippen LogP contribution in [0.25, 0.3) is 0 Å². The zero-order valence-corrected chi connectivity index (χ0v) is 12.7. The van der Waals surface area contributed by atoms with Crippen LogP contribution < -0.4 is 5.32 Å². The Hall–Kier alpha value is -0.160. The lowest BCUT2D eigenvalue weighted by Crippen LogP contribution is -2.35. The van der Waals surface area contributed by atoms with Crippen LogP contribution in [0.2, 0.25) is 0 Å². The molecule has 2 atom stereocenters. The van der Waals surface area contributed by atoms with E-state index < -0.39 is 6.10 Å². The zero-order valence-electron chi connectivity index (χ0n) is 12.7. The van der Waals surface area contributed by atoms with Crippen molar-refractivity contribution in [3.63, 3.8) is 0 Å². The summed E-state index contributed by atoms with van der Waals surface area (Å²) in [5.74, 6) is 0. The van der Waals surface area contributed by atoms with E-state index in [9.17, 15) is 10.2 Å². The van der Waals surface area contributed by atoms with Crippen LogP contribution in [-0.2, 0) is 4.74 Å². The molecule has 0 saturated heterocycles. The molecule has 0 amide bonds. The second-order valence-corrected chi connectivity index (χ2v) is 5.22. The Kier molecular flexibility index (Phi) is 14.1. The summed E-state index contributed by atoms with van der Waals surface area (Å²) in [4.78, 5) is 0. The minimum absolute atomic E-state index is 0.323. The Balaban J connectivity index is 3.18. The molecule has 4 nitrogen and oxygen atoms in total. The molecule has 0 bridgehead atoms. The molecule has 0 aromatic rings. The molecule has 0 heterocycles. The average Bonchev–Trinajstić information content (AvgIpc) is 2.41. The molecule has 0 aromatic carbocycles. The summed E-state index contributed by atoms with van der Waals surface area (Å²) in [5.41, 5.74) is 0. The molecule has 0 aliphatic carbocycles. The number of ether oxygens (including phenoxy) is 1. The van der Waals surface area contributed by atoms with Gasteiger partial charge in [-0.05, 0) is 12.8 Å². The summed E-state index contributed by atoms with van der Waals surface area (Å²) in [7, 11) is 0. The fraction of sp³-hybridized carbons (Fsp3) is 1.00. The van der Waals surface area contributed by atoms with Gasteiger partial charge in [-0.3, -0.25) is 0 Å². The van der Waals surface area contributed by atoms with Crippen molar-refractivity contribution < 1.29 is 14.9 Å². The van der Waals surface area contributed by atoms with Gasteiger partial charge >= 0.3 is 0 Å². The molecule has 0 aliphatic rings. The number of aliphatic hydroxyl groups excluding tert-OH is 2. The third-order valence-electron chi connectivity index (χ3n) is 3.18. The number of aliphatic hydroxyl groups is 2. The van der Waals surface area contributed by atoms with Crippen LogP contribution in [0, 0.1) is 0 Å². The highest BCUT2D eigenvalue weighted by molar-refractivity contribution is 4.62. The van der Waals surface area contributed by atoms with E-state index in [1.165, 1.54) is 32.1 Å². The van der Waals surface area contributed by atoms with Gasteiger partial charge in [-0.2, -0.15) is 0 Å². The first kappa shape index (κ1) is 18.8. The first-order chi connectivity index (χ1) is 9.20. The summed E-state index contributed by atoms with van der Waals surface area (Å²) < 4.78 is 5.43. The van der Waals surface area contributed by atoms with E-state index in [-0.39, 0.29) is 6.10 Å². The third-order valence-corrected chi connectivity index (χ3v) is 3.18. The van der Waals surface area contributed by atoms with Crippen molar-refractivity contribution >= 4 is 0 Å². The third kappa shape index (κ3) is 14.1. The van der Waals surface area contributed by atoms with Crippen molar-refractivity contribution in [3.05, 3.63) is 0 Å². The van der Waals surface area contributed by atoms with Crippen LogP contribution in [-0.4, -0.2) is 48.7 Å². The molecule has 4 heteroatoms. The van der Waals surface area contributed by atoms with Crippen LogP contribution in [0.3, 0.4) is 0 Å². The molecular formula is C15H33NO3. The van der Waals surface area contributed by atoms with Crippen molar-refractivity contribution in [1.82, 2.24) is 5.32 Å². The van der Waals surface area contributed by atoms with Gasteiger partial charge in [0.1, 0.15) is 0 Å². The highest BCUT2D eigenvalue weighted by Crippen LogP contribution is 2.04. The predicted molar refractivity (Wildman–Crippen MR) is 79.4 cm³/mol. The maximum Gasteiger partial charge on any atom is 0.0897 e. The van der Waals surface area contributed by atoms with E-state index in [0.717, 1.165) is 19.4 Å². The smallest absolute Gasteiger partial charge is 0.0897 e. The van der Waals surface area contributed by atoms with Crippen LogP contribution >= 0.6 is 0 Å². The molecule has 0 aliphatic heterocycles. The van der Waals surface area contributed by atoms with Crippen LogP contribution in [0.5, 0.6) is 0 Å². The number of hydrogen-bond donors (Lipinski definition) is 3. The summed E-state index contributed by atoms with van der Waals surface area (Å²) in [6, 6.07) is 0. The fourth-order valence-electron chi connectivity index (χ4n) is 1.82. The minimum Gasteiger partial charge on any atom is -0.392 e. The van der Waals surface area contributed by atoms with E-state index in [2.05, 4.69) is 12.2 Å². The van der Waals surface area contributed by atoms with Gasteiger partial charge in [0.05, 0.1) is 18.8 Å². The van der Waals surface area contributed by atoms with Crippen molar-refractivity contribution in [2.45, 2.75) is 71.0 Å². The van der Waals surface area contributed by atoms with E-state index in [0.29, 0.717) is 19.7 Å². The van der Waals surface area contributed by atoms with Gasteiger partial charge in [-0.1, -0.05) is 46.0 Å². The summed E-state index contributed by atoms with van der Waals surface area (Å²) in [6.45, 7) is 6.29. The number of nitrogens with one attached hydrogen (secondary N) is 1. The molecule has 3 N–H and O–H groups in total. The number of hydrogen-bond acceptors (Lipinski definition) is 4. The van der Waals surface area contributed by atoms with E-state index in [1.54, 1.807) is 0 Å². The largest absolute Gasteiger partial charge is 0.392 e. The number of rotatable bonds is 14. The lowest BCUT2D eigenvalue weighted by atomic mass is 10.1. The van der Waals surface area contributed by atoms with Crippen LogP contribution in [0.1, 0.15) is 58.8 Å². The van der Waals surface area contributed by atoms with Crippen molar-refractivity contribution in [2.75, 3.05) is 26.3 Å². The fourth-order valence-corrected chi connectivity index (χ4v) is 1.82. The molecule has 0 saturated carbocycles. The normalized spacial score (nSPS) is 14.5. The summed E-state index contributed by atoms with van der Waals surface area (Å²) >= 11 is 0. The second-order valence-electron chi connectivity index (χ2n) is 5.22. The lowest BCUT2D eigenvalue weighted by molar-refractivity contribution is 0.0337. The zero-order chi connectivity index (χ0) is 14.3. The quantitative estimate of drug-likeness (QED) is 0.425. The monoisotopic (exact) mass is 275 g/mol. The van der Waals surface area contributed by atoms with E-state index in [1.807, 2.05) is 6.92 Å². The standard InChI is InChI=1S/C15H33NO3/c1-3-5-6-7-8-9-10-19-13-15(18)12-16-11-14(17)4-2/h14-18H,3-13H2,1-2H3. The first-order valence-electron chi connectivity index (χ1n) is 7.85. The topological polar surface area (TPSA) is 61.7 Å². The predicted octanol–water partition coefficient (Wildman–Crippen LogP) is 2.08. The summed E-state index contributed by atoms with van der Waals surface area (Å²) in [5, 5.41) is 22.0. The summed E-state index contributed by atoms with van der Waals surface area (Å²) in [6.07, 6.45) is 7.45. The molecule has 0 spiro atoms. The molecule has 19 heavy (non-hydrogen) atoms. The van der Waals surface area contributed by atoms with Gasteiger partial charge in [0.15, 0.2) is 0 Å². The minimum atomic E-state index is -0.482. The Morgan fingerprint density at radius 1 is 0.895 bits per heavy atom. The van der Waals surface area contributed by atoms with E-state index >= 15 is 0 Å². The van der Waals surface area contributed by atoms with Crippen molar-refractivity contribution in [3.8, 4) is 0 Å². The molecular weight excluding hydrogens is 242 g/mol. The Bertz CT molecular complexity index is 179. The number of unbranched alkanes of at least 4 members (excludes halogenated alkanes) is 5. The Labute approximate surface area is 118 Å². The molecule has 0 fully saturated rings. The first-order valence-corrected chi connectivity index (χ1v) is 7.85. The SMILES string of the molecule is CCCCCCCCOCC(O)CNCC(O)CC. The maximum atomic E-state index is 9.64. The average molecular weight is 275 g/mol. The Morgan fingerprint density at radius 3 is 2.21 bits per heavy atom. The molecule has 0 aromatic heterocycles. The lowest BCUT2D eigenvalue weighted by Gasteiger charge is -2.14. The highest BCUT2D eigenvalue weighted by atomic mass is 16.5. The van der Waals surface area contributed by atoms with Gasteiger partial charge in [0.2, 0.25) is 0 Å². The highest BCUT2D eigenvalue weighted by Gasteiger charge is 2.05. The van der Waals surface area contributed by atoms with Gasteiger partial charge in [0.25, 0.3) is 0 Å². The van der Waals surface area contributed by atoms with Gasteiger partial charge in [-0.15, -0.1) is 0 Å². The molecule has 116 valence electrons. The van der Waals surface area contributed by atoms with Crippen molar-refractivity contribution in [2.24, 2.45) is 0 Å². The Morgan fingerprint density at radius 2 is 1.53 bits per heavy atom. The van der Waals surface area contributed by atoms with Gasteiger partial charge in [0, 0.05) is 19.7 Å². The molecule has 0 rings (SSSR count). The van der Waals surface area contributed by atoms with E-state index in [4.69, 9.17) is 4.74 Å². The molecule has 0 radical (unpaired) electrons.